The first kappa shape index (κ1) is 8.84. The van der Waals surface area contributed by atoms with Crippen LogP contribution in [0.4, 0.5) is 4.79 Å². The van der Waals surface area contributed by atoms with Crippen molar-refractivity contribution in [3.05, 3.63) is 21.3 Å². The van der Waals surface area contributed by atoms with E-state index in [9.17, 15) is 4.79 Å². The number of ether oxygens (including phenoxy) is 1. The normalized spacial score (nSPS) is 22.2. The molecule has 5 heteroatoms. The van der Waals surface area contributed by atoms with Crippen LogP contribution < -0.4 is 5.32 Å². The third-order valence-corrected chi connectivity index (χ3v) is 3.21. The summed E-state index contributed by atoms with van der Waals surface area (Å²) in [6.07, 6.45) is 0.462. The van der Waals surface area contributed by atoms with E-state index in [1.165, 1.54) is 11.3 Å². The van der Waals surface area contributed by atoms with Gasteiger partial charge in [-0.25, -0.2) is 4.79 Å². The van der Waals surface area contributed by atoms with E-state index >= 15 is 0 Å². The van der Waals surface area contributed by atoms with Gasteiger partial charge in [-0.3, -0.25) is 0 Å². The molecule has 1 saturated heterocycles. The number of amides is 1. The molecule has 1 aliphatic heterocycles. The largest absolute Gasteiger partial charge is 0.449 e. The van der Waals surface area contributed by atoms with Crippen molar-refractivity contribution in [1.29, 1.82) is 0 Å². The van der Waals surface area contributed by atoms with Crippen LogP contribution in [0.15, 0.2) is 12.1 Å². The molecule has 3 nitrogen and oxygen atoms in total. The molecule has 0 aromatic carbocycles. The number of carbonyl (C=O) groups excluding carboxylic acids is 1. The van der Waals surface area contributed by atoms with Crippen molar-refractivity contribution in [1.82, 2.24) is 5.32 Å². The first-order valence-electron chi connectivity index (χ1n) is 3.94. The van der Waals surface area contributed by atoms with E-state index in [2.05, 4.69) is 5.32 Å². The first-order chi connectivity index (χ1) is 6.25. The van der Waals surface area contributed by atoms with Gasteiger partial charge in [0, 0.05) is 11.3 Å². The highest BCUT2D eigenvalue weighted by Crippen LogP contribution is 2.29. The van der Waals surface area contributed by atoms with Gasteiger partial charge < -0.3 is 10.1 Å². The highest BCUT2D eigenvalue weighted by atomic mass is 35.5. The highest BCUT2D eigenvalue weighted by molar-refractivity contribution is 7.16. The van der Waals surface area contributed by atoms with Crippen molar-refractivity contribution in [2.75, 3.05) is 6.61 Å². The Morgan fingerprint density at radius 2 is 2.46 bits per heavy atom. The smallest absolute Gasteiger partial charge is 0.407 e. The number of alkyl carbamates (subject to hydrolysis) is 1. The summed E-state index contributed by atoms with van der Waals surface area (Å²) in [6, 6.07) is 3.84. The quantitative estimate of drug-likeness (QED) is 0.785. The Bertz CT molecular complexity index is 326. The lowest BCUT2D eigenvalue weighted by molar-refractivity contribution is 0.116. The Morgan fingerprint density at radius 1 is 1.62 bits per heavy atom. The molecule has 0 radical (unpaired) electrons. The van der Waals surface area contributed by atoms with Gasteiger partial charge in [0.2, 0.25) is 0 Å². The van der Waals surface area contributed by atoms with Gasteiger partial charge in [-0.1, -0.05) is 11.6 Å². The van der Waals surface area contributed by atoms with E-state index in [-0.39, 0.29) is 12.1 Å². The lowest BCUT2D eigenvalue weighted by atomic mass is 10.1. The summed E-state index contributed by atoms with van der Waals surface area (Å²) in [5.74, 6) is 0. The molecule has 1 aromatic heterocycles. The number of carbonyl (C=O) groups is 1. The molecule has 0 spiro atoms. The van der Waals surface area contributed by atoms with Crippen LogP contribution in [0, 0.1) is 0 Å². The summed E-state index contributed by atoms with van der Waals surface area (Å²) in [5, 5.41) is 2.74. The fraction of sp³-hybridized carbons (Fsp3) is 0.375. The Labute approximate surface area is 84.7 Å². The molecule has 1 N–H and O–H groups in total. The molecule has 0 aliphatic carbocycles. The SMILES string of the molecule is O=C1N[C@@H](c2ccc(Cl)s2)CCO1. The fourth-order valence-corrected chi connectivity index (χ4v) is 2.40. The summed E-state index contributed by atoms with van der Waals surface area (Å²) in [5.41, 5.74) is 0. The van der Waals surface area contributed by atoms with Crippen molar-refractivity contribution >= 4 is 29.0 Å². The third kappa shape index (κ3) is 1.95. The van der Waals surface area contributed by atoms with Crippen LogP contribution >= 0.6 is 22.9 Å². The van der Waals surface area contributed by atoms with Crippen LogP contribution in [0.5, 0.6) is 0 Å². The molecular weight excluding hydrogens is 210 g/mol. The van der Waals surface area contributed by atoms with Gasteiger partial charge in [0.1, 0.15) is 0 Å². The van der Waals surface area contributed by atoms with Crippen LogP contribution in [-0.2, 0) is 4.74 Å². The van der Waals surface area contributed by atoms with E-state index < -0.39 is 0 Å². The second-order valence-corrected chi connectivity index (χ2v) is 4.51. The van der Waals surface area contributed by atoms with E-state index in [4.69, 9.17) is 16.3 Å². The highest BCUT2D eigenvalue weighted by Gasteiger charge is 2.21. The van der Waals surface area contributed by atoms with E-state index in [1.807, 2.05) is 12.1 Å². The van der Waals surface area contributed by atoms with Gasteiger partial charge in [-0.15, -0.1) is 11.3 Å². The molecule has 2 heterocycles. The Morgan fingerprint density at radius 3 is 3.08 bits per heavy atom. The molecule has 0 bridgehead atoms. The average molecular weight is 218 g/mol. The minimum Gasteiger partial charge on any atom is -0.449 e. The van der Waals surface area contributed by atoms with Crippen molar-refractivity contribution in [3.8, 4) is 0 Å². The van der Waals surface area contributed by atoms with E-state index in [0.717, 1.165) is 15.6 Å². The Balaban J connectivity index is 2.12. The predicted molar refractivity (Wildman–Crippen MR) is 51.2 cm³/mol. The maximum absolute atomic E-state index is 10.9. The van der Waals surface area contributed by atoms with Crippen LogP contribution in [0.2, 0.25) is 4.34 Å². The molecule has 1 atom stereocenters. The molecule has 1 fully saturated rings. The minimum atomic E-state index is -0.347. The van der Waals surface area contributed by atoms with Crippen molar-refractivity contribution in [2.24, 2.45) is 0 Å². The summed E-state index contributed by atoms with van der Waals surface area (Å²) in [6.45, 7) is 0.478. The summed E-state index contributed by atoms with van der Waals surface area (Å²) in [4.78, 5) is 12.0. The lowest BCUT2D eigenvalue weighted by Gasteiger charge is -2.21. The lowest BCUT2D eigenvalue weighted by Crippen LogP contribution is -2.34. The van der Waals surface area contributed by atoms with Gasteiger partial charge in [-0.05, 0) is 12.1 Å². The van der Waals surface area contributed by atoms with Gasteiger partial charge in [0.05, 0.1) is 17.0 Å². The van der Waals surface area contributed by atoms with Crippen LogP contribution in [0.1, 0.15) is 17.3 Å². The Kier molecular flexibility index (Phi) is 2.42. The topological polar surface area (TPSA) is 38.3 Å². The average Bonchev–Trinajstić information content (AvgIpc) is 2.52. The van der Waals surface area contributed by atoms with E-state index in [0.29, 0.717) is 6.61 Å². The van der Waals surface area contributed by atoms with Crippen molar-refractivity contribution < 1.29 is 9.53 Å². The molecule has 1 amide bonds. The summed E-state index contributed by atoms with van der Waals surface area (Å²) in [7, 11) is 0. The maximum Gasteiger partial charge on any atom is 0.407 e. The molecular formula is C8H8ClNO2S. The minimum absolute atomic E-state index is 0.0683. The number of thiophene rings is 1. The number of hydrogen-bond donors (Lipinski definition) is 1. The molecule has 1 aliphatic rings. The fourth-order valence-electron chi connectivity index (χ4n) is 1.25. The second kappa shape index (κ2) is 3.55. The van der Waals surface area contributed by atoms with Crippen molar-refractivity contribution in [3.63, 3.8) is 0 Å². The number of halogens is 1. The van der Waals surface area contributed by atoms with Gasteiger partial charge in [0.15, 0.2) is 0 Å². The maximum atomic E-state index is 10.9. The zero-order chi connectivity index (χ0) is 9.26. The zero-order valence-electron chi connectivity index (χ0n) is 6.75. The van der Waals surface area contributed by atoms with Crippen LogP contribution in [0.3, 0.4) is 0 Å². The monoisotopic (exact) mass is 217 g/mol. The van der Waals surface area contributed by atoms with Crippen LogP contribution in [0.25, 0.3) is 0 Å². The summed E-state index contributed by atoms with van der Waals surface area (Å²) < 4.78 is 5.50. The first-order valence-corrected chi connectivity index (χ1v) is 5.13. The van der Waals surface area contributed by atoms with Gasteiger partial charge in [-0.2, -0.15) is 0 Å². The molecule has 13 heavy (non-hydrogen) atoms. The van der Waals surface area contributed by atoms with Gasteiger partial charge >= 0.3 is 6.09 Å². The molecule has 1 aromatic rings. The number of rotatable bonds is 1. The van der Waals surface area contributed by atoms with Crippen molar-refractivity contribution in [2.45, 2.75) is 12.5 Å². The predicted octanol–water partition coefficient (Wildman–Crippen LogP) is 2.57. The molecule has 2 rings (SSSR count). The molecule has 0 saturated carbocycles. The number of nitrogens with one attached hydrogen (secondary N) is 1. The summed E-state index contributed by atoms with van der Waals surface area (Å²) >= 11 is 7.28. The number of hydrogen-bond acceptors (Lipinski definition) is 3. The molecule has 70 valence electrons. The standard InChI is InChI=1S/C8H8ClNO2S/c9-7-2-1-6(13-7)5-3-4-12-8(11)10-5/h1-2,5H,3-4H2,(H,10,11)/t5-/m1/s1. The number of cyclic esters (lactones) is 1. The second-order valence-electron chi connectivity index (χ2n) is 2.76. The third-order valence-electron chi connectivity index (χ3n) is 1.87. The van der Waals surface area contributed by atoms with Gasteiger partial charge in [0.25, 0.3) is 0 Å². The molecule has 0 unspecified atom stereocenters. The van der Waals surface area contributed by atoms with Crippen LogP contribution in [-0.4, -0.2) is 12.7 Å². The van der Waals surface area contributed by atoms with E-state index in [1.54, 1.807) is 0 Å². The Hall–Kier alpha value is -0.740. The zero-order valence-corrected chi connectivity index (χ0v) is 8.32.